The maximum absolute atomic E-state index is 5.72. The monoisotopic (exact) mass is 296 g/mol. The molecule has 2 N–H and O–H groups in total. The van der Waals surface area contributed by atoms with Crippen LogP contribution in [0.2, 0.25) is 0 Å². The Labute approximate surface area is 127 Å². The van der Waals surface area contributed by atoms with Crippen LogP contribution in [-0.4, -0.2) is 21.5 Å². The lowest BCUT2D eigenvalue weighted by atomic mass is 10.1. The van der Waals surface area contributed by atoms with Crippen LogP contribution in [0.4, 0.5) is 0 Å². The molecule has 0 saturated heterocycles. The fraction of sp³-hybridized carbons (Fsp3) is 0.188. The quantitative estimate of drug-likeness (QED) is 0.803. The molecule has 4 nitrogen and oxygen atoms in total. The van der Waals surface area contributed by atoms with Gasteiger partial charge in [-0.1, -0.05) is 30.3 Å². The molecule has 0 fully saturated rings. The van der Waals surface area contributed by atoms with Gasteiger partial charge in [0, 0.05) is 22.8 Å². The summed E-state index contributed by atoms with van der Waals surface area (Å²) in [5, 5.41) is 0.845. The highest BCUT2D eigenvalue weighted by Gasteiger charge is 2.15. The fourth-order valence-electron chi connectivity index (χ4n) is 2.07. The third-order valence-corrected chi connectivity index (χ3v) is 4.20. The third kappa shape index (κ3) is 2.99. The van der Waals surface area contributed by atoms with Crippen molar-refractivity contribution in [3.8, 4) is 22.1 Å². The fourth-order valence-corrected chi connectivity index (χ4v) is 3.12. The molecule has 5 heteroatoms. The van der Waals surface area contributed by atoms with E-state index in [9.17, 15) is 0 Å². The Balaban J connectivity index is 2.06. The van der Waals surface area contributed by atoms with Crippen LogP contribution in [0.1, 0.15) is 10.4 Å². The van der Waals surface area contributed by atoms with Gasteiger partial charge in [-0.25, -0.2) is 15.0 Å². The van der Waals surface area contributed by atoms with Crippen LogP contribution in [0.15, 0.2) is 42.7 Å². The number of hydrogen-bond donors (Lipinski definition) is 1. The number of nitrogens with two attached hydrogens (primary N) is 1. The lowest BCUT2D eigenvalue weighted by molar-refractivity contribution is 0.986. The van der Waals surface area contributed by atoms with E-state index in [0.717, 1.165) is 28.2 Å². The SMILES string of the molecule is Cc1cnc(-c2nc(-c3ccccc3)c(CCN)s2)nc1. The van der Waals surface area contributed by atoms with E-state index in [4.69, 9.17) is 10.7 Å². The van der Waals surface area contributed by atoms with Gasteiger partial charge in [0.15, 0.2) is 10.8 Å². The van der Waals surface area contributed by atoms with Crippen molar-refractivity contribution in [3.05, 3.63) is 53.2 Å². The van der Waals surface area contributed by atoms with Gasteiger partial charge in [0.2, 0.25) is 0 Å². The predicted molar refractivity (Wildman–Crippen MR) is 86.1 cm³/mol. The Kier molecular flexibility index (Phi) is 4.03. The first-order valence-corrected chi connectivity index (χ1v) is 7.64. The molecule has 0 amide bonds. The van der Waals surface area contributed by atoms with Gasteiger partial charge in [-0.15, -0.1) is 11.3 Å². The maximum atomic E-state index is 5.72. The zero-order chi connectivity index (χ0) is 14.7. The molecule has 106 valence electrons. The zero-order valence-electron chi connectivity index (χ0n) is 11.8. The smallest absolute Gasteiger partial charge is 0.188 e. The van der Waals surface area contributed by atoms with E-state index < -0.39 is 0 Å². The molecule has 0 atom stereocenters. The largest absolute Gasteiger partial charge is 0.330 e. The first-order chi connectivity index (χ1) is 10.3. The van der Waals surface area contributed by atoms with Gasteiger partial charge in [0.25, 0.3) is 0 Å². The molecule has 1 aromatic carbocycles. The normalized spacial score (nSPS) is 10.8. The van der Waals surface area contributed by atoms with Crippen LogP contribution in [0.25, 0.3) is 22.1 Å². The highest BCUT2D eigenvalue weighted by Crippen LogP contribution is 2.32. The van der Waals surface area contributed by atoms with Gasteiger partial charge in [0.05, 0.1) is 5.69 Å². The van der Waals surface area contributed by atoms with Gasteiger partial charge in [-0.05, 0) is 25.5 Å². The van der Waals surface area contributed by atoms with Gasteiger partial charge >= 0.3 is 0 Å². The molecule has 0 saturated carbocycles. The summed E-state index contributed by atoms with van der Waals surface area (Å²) in [6, 6.07) is 10.2. The van der Waals surface area contributed by atoms with Gasteiger partial charge in [-0.3, -0.25) is 0 Å². The van der Waals surface area contributed by atoms with E-state index in [1.165, 1.54) is 4.88 Å². The summed E-state index contributed by atoms with van der Waals surface area (Å²) >= 11 is 1.62. The lowest BCUT2D eigenvalue weighted by Crippen LogP contribution is -2.02. The van der Waals surface area contributed by atoms with Crippen LogP contribution in [0.3, 0.4) is 0 Å². The Morgan fingerprint density at radius 2 is 1.81 bits per heavy atom. The minimum atomic E-state index is 0.607. The number of benzene rings is 1. The third-order valence-electron chi connectivity index (χ3n) is 3.09. The molecule has 3 aromatic rings. The minimum absolute atomic E-state index is 0.607. The van der Waals surface area contributed by atoms with Gasteiger partial charge < -0.3 is 5.73 Å². The first kappa shape index (κ1) is 13.9. The number of hydrogen-bond acceptors (Lipinski definition) is 5. The second-order valence-electron chi connectivity index (χ2n) is 4.78. The summed E-state index contributed by atoms with van der Waals surface area (Å²) in [6.45, 7) is 2.58. The summed E-state index contributed by atoms with van der Waals surface area (Å²) in [7, 11) is 0. The average Bonchev–Trinajstić information content (AvgIpc) is 2.93. The van der Waals surface area contributed by atoms with E-state index in [1.807, 2.05) is 37.5 Å². The van der Waals surface area contributed by atoms with Crippen molar-refractivity contribution in [1.82, 2.24) is 15.0 Å². The molecule has 3 rings (SSSR count). The first-order valence-electron chi connectivity index (χ1n) is 6.82. The van der Waals surface area contributed by atoms with E-state index in [0.29, 0.717) is 12.4 Å². The van der Waals surface area contributed by atoms with Crippen molar-refractivity contribution >= 4 is 11.3 Å². The number of aryl methyl sites for hydroxylation is 1. The Hall–Kier alpha value is -2.11. The van der Waals surface area contributed by atoms with Crippen LogP contribution < -0.4 is 5.73 Å². The van der Waals surface area contributed by atoms with E-state index in [2.05, 4.69) is 22.1 Å². The summed E-state index contributed by atoms with van der Waals surface area (Å²) < 4.78 is 0. The topological polar surface area (TPSA) is 64.7 Å². The summed E-state index contributed by atoms with van der Waals surface area (Å²) in [5.41, 5.74) is 8.86. The summed E-state index contributed by atoms with van der Waals surface area (Å²) in [6.07, 6.45) is 4.44. The molecule has 0 radical (unpaired) electrons. The predicted octanol–water partition coefficient (Wildman–Crippen LogP) is 3.08. The van der Waals surface area contributed by atoms with Crippen molar-refractivity contribution in [3.63, 3.8) is 0 Å². The second-order valence-corrected chi connectivity index (χ2v) is 5.86. The molecule has 0 aliphatic rings. The van der Waals surface area contributed by atoms with Crippen molar-refractivity contribution in [2.75, 3.05) is 6.54 Å². The van der Waals surface area contributed by atoms with Crippen LogP contribution >= 0.6 is 11.3 Å². The highest BCUT2D eigenvalue weighted by molar-refractivity contribution is 7.15. The minimum Gasteiger partial charge on any atom is -0.330 e. The van der Waals surface area contributed by atoms with Crippen molar-refractivity contribution < 1.29 is 0 Å². The van der Waals surface area contributed by atoms with E-state index in [-0.39, 0.29) is 0 Å². The molecule has 0 unspecified atom stereocenters. The highest BCUT2D eigenvalue weighted by atomic mass is 32.1. The van der Waals surface area contributed by atoms with Crippen molar-refractivity contribution in [1.29, 1.82) is 0 Å². The van der Waals surface area contributed by atoms with Crippen molar-refractivity contribution in [2.24, 2.45) is 5.73 Å². The molecule has 2 heterocycles. The molecule has 0 bridgehead atoms. The molecule has 0 aliphatic carbocycles. The van der Waals surface area contributed by atoms with Gasteiger partial charge in [-0.2, -0.15) is 0 Å². The van der Waals surface area contributed by atoms with Crippen LogP contribution in [-0.2, 0) is 6.42 Å². The molecule has 21 heavy (non-hydrogen) atoms. The van der Waals surface area contributed by atoms with Gasteiger partial charge in [0.1, 0.15) is 0 Å². The van der Waals surface area contributed by atoms with E-state index in [1.54, 1.807) is 11.3 Å². The number of rotatable bonds is 4. The average molecular weight is 296 g/mol. The molecular weight excluding hydrogens is 280 g/mol. The zero-order valence-corrected chi connectivity index (χ0v) is 12.6. The van der Waals surface area contributed by atoms with Crippen LogP contribution in [0.5, 0.6) is 0 Å². The van der Waals surface area contributed by atoms with E-state index >= 15 is 0 Å². The Morgan fingerprint density at radius 3 is 2.48 bits per heavy atom. The Morgan fingerprint density at radius 1 is 1.10 bits per heavy atom. The maximum Gasteiger partial charge on any atom is 0.188 e. The molecule has 2 aromatic heterocycles. The van der Waals surface area contributed by atoms with Crippen molar-refractivity contribution in [2.45, 2.75) is 13.3 Å². The standard InChI is InChI=1S/C16H16N4S/c1-11-9-18-15(19-10-11)16-20-14(13(21-16)7-8-17)12-5-3-2-4-6-12/h2-6,9-10H,7-8,17H2,1H3. The number of nitrogens with zero attached hydrogens (tertiary/aromatic N) is 3. The number of thiazole rings is 1. The summed E-state index contributed by atoms with van der Waals surface area (Å²) in [4.78, 5) is 14.6. The summed E-state index contributed by atoms with van der Waals surface area (Å²) in [5.74, 6) is 0.672. The van der Waals surface area contributed by atoms with Crippen LogP contribution in [0, 0.1) is 6.92 Å². The Bertz CT molecular complexity index is 720. The number of aromatic nitrogens is 3. The molecule has 0 aliphatic heterocycles. The lowest BCUT2D eigenvalue weighted by Gasteiger charge is -2.00. The second kappa shape index (κ2) is 6.11. The molecular formula is C16H16N4S. The molecule has 0 spiro atoms.